The zero-order valence-corrected chi connectivity index (χ0v) is 10.1. The van der Waals surface area contributed by atoms with Crippen molar-refractivity contribution in [3.63, 3.8) is 0 Å². The quantitative estimate of drug-likeness (QED) is 0.387. The van der Waals surface area contributed by atoms with Crippen LogP contribution in [0.3, 0.4) is 0 Å². The summed E-state index contributed by atoms with van der Waals surface area (Å²) in [7, 11) is 0. The lowest BCUT2D eigenvalue weighted by molar-refractivity contribution is -0.138. The predicted molar refractivity (Wildman–Crippen MR) is 62.9 cm³/mol. The van der Waals surface area contributed by atoms with Gasteiger partial charge in [-0.2, -0.15) is 5.11 Å². The largest absolute Gasteiger partial charge is 0.510 e. The molecule has 18 heavy (non-hydrogen) atoms. The Labute approximate surface area is 104 Å². The summed E-state index contributed by atoms with van der Waals surface area (Å²) in [5.41, 5.74) is -0.0702. The predicted octanol–water partition coefficient (Wildman–Crippen LogP) is 3.26. The van der Waals surface area contributed by atoms with Crippen LogP contribution in [0.1, 0.15) is 13.8 Å². The molecule has 96 valence electrons. The van der Waals surface area contributed by atoms with Gasteiger partial charge in [-0.3, -0.25) is 0 Å². The molecule has 0 aliphatic carbocycles. The molecule has 1 rings (SSSR count). The number of aliphatic hydroxyl groups is 1. The summed E-state index contributed by atoms with van der Waals surface area (Å²) in [6, 6.07) is 5.39. The summed E-state index contributed by atoms with van der Waals surface area (Å²) in [4.78, 5) is 11.4. The van der Waals surface area contributed by atoms with Crippen LogP contribution in [0.4, 0.5) is 10.1 Å². The first kappa shape index (κ1) is 13.8. The van der Waals surface area contributed by atoms with Crippen LogP contribution in [-0.4, -0.2) is 17.7 Å². The van der Waals surface area contributed by atoms with Crippen molar-refractivity contribution in [2.45, 2.75) is 13.8 Å². The molecule has 0 bridgehead atoms. The Balaban J connectivity index is 2.92. The number of halogens is 1. The molecule has 5 nitrogen and oxygen atoms in total. The van der Waals surface area contributed by atoms with Gasteiger partial charge in [0.25, 0.3) is 0 Å². The molecule has 1 N–H and O–H groups in total. The SMILES string of the molecule is CCOC(=O)/C(N=Nc1cccc(F)c1)=C(\C)O. The minimum absolute atomic E-state index is 0.158. The molecule has 0 aliphatic heterocycles. The summed E-state index contributed by atoms with van der Waals surface area (Å²) in [6.45, 7) is 3.08. The Morgan fingerprint density at radius 3 is 2.78 bits per heavy atom. The highest BCUT2D eigenvalue weighted by Crippen LogP contribution is 2.16. The van der Waals surface area contributed by atoms with E-state index in [2.05, 4.69) is 10.2 Å². The van der Waals surface area contributed by atoms with Crippen molar-refractivity contribution < 1.29 is 19.0 Å². The van der Waals surface area contributed by atoms with Gasteiger partial charge in [0.1, 0.15) is 11.6 Å². The van der Waals surface area contributed by atoms with E-state index < -0.39 is 11.8 Å². The number of azo groups is 1. The molecule has 0 saturated heterocycles. The molecule has 0 heterocycles. The highest BCUT2D eigenvalue weighted by molar-refractivity contribution is 5.88. The Hall–Kier alpha value is -2.24. The molecule has 0 aliphatic rings. The monoisotopic (exact) mass is 252 g/mol. The number of rotatable bonds is 4. The number of carbonyl (C=O) groups is 1. The zero-order chi connectivity index (χ0) is 13.5. The molecule has 6 heteroatoms. The van der Waals surface area contributed by atoms with Crippen LogP contribution in [0.25, 0.3) is 0 Å². The van der Waals surface area contributed by atoms with Crippen LogP contribution < -0.4 is 0 Å². The van der Waals surface area contributed by atoms with Gasteiger partial charge < -0.3 is 9.84 Å². The average molecular weight is 252 g/mol. The molecule has 0 spiro atoms. The van der Waals surface area contributed by atoms with Crippen LogP contribution >= 0.6 is 0 Å². The second-order valence-electron chi connectivity index (χ2n) is 3.33. The zero-order valence-electron chi connectivity index (χ0n) is 10.1. The van der Waals surface area contributed by atoms with E-state index >= 15 is 0 Å². The number of hydrogen-bond donors (Lipinski definition) is 1. The summed E-state index contributed by atoms with van der Waals surface area (Å²) in [6.07, 6.45) is 0. The molecule has 1 aromatic rings. The van der Waals surface area contributed by atoms with E-state index in [0.29, 0.717) is 0 Å². The number of hydrogen-bond acceptors (Lipinski definition) is 5. The van der Waals surface area contributed by atoms with Crippen LogP contribution in [0.15, 0.2) is 46.0 Å². The van der Waals surface area contributed by atoms with Crippen molar-refractivity contribution in [3.8, 4) is 0 Å². The Morgan fingerprint density at radius 2 is 2.22 bits per heavy atom. The summed E-state index contributed by atoms with van der Waals surface area (Å²) in [5, 5.41) is 16.5. The highest BCUT2D eigenvalue weighted by atomic mass is 19.1. The minimum Gasteiger partial charge on any atom is -0.510 e. The Bertz CT molecular complexity index is 494. The lowest BCUT2D eigenvalue weighted by Crippen LogP contribution is -2.07. The van der Waals surface area contributed by atoms with E-state index in [0.717, 1.165) is 6.07 Å². The third-order valence-electron chi connectivity index (χ3n) is 1.89. The van der Waals surface area contributed by atoms with Gasteiger partial charge in [0.05, 0.1) is 12.3 Å². The van der Waals surface area contributed by atoms with Gasteiger partial charge in [0, 0.05) is 6.07 Å². The number of ether oxygens (including phenoxy) is 1. The number of nitrogens with zero attached hydrogens (tertiary/aromatic N) is 2. The summed E-state index contributed by atoms with van der Waals surface area (Å²) in [5.74, 6) is -1.56. The molecule has 0 atom stereocenters. The van der Waals surface area contributed by atoms with Crippen molar-refractivity contribution in [2.24, 2.45) is 10.2 Å². The van der Waals surface area contributed by atoms with Crippen LogP contribution in [0, 0.1) is 5.82 Å². The minimum atomic E-state index is -0.780. The summed E-state index contributed by atoms with van der Waals surface area (Å²) < 4.78 is 17.6. The maximum Gasteiger partial charge on any atom is 0.362 e. The van der Waals surface area contributed by atoms with Crippen LogP contribution in [0.2, 0.25) is 0 Å². The standard InChI is InChI=1S/C12H13FN2O3/c1-3-18-12(17)11(8(2)16)15-14-10-6-4-5-9(13)7-10/h4-7,16H,3H2,1-2H3/b11-8-,15-14?. The third kappa shape index (κ3) is 3.97. The highest BCUT2D eigenvalue weighted by Gasteiger charge is 2.13. The number of esters is 1. The average Bonchev–Trinajstić information content (AvgIpc) is 2.29. The fraction of sp³-hybridized carbons (Fsp3) is 0.250. The lowest BCUT2D eigenvalue weighted by Gasteiger charge is -2.01. The van der Waals surface area contributed by atoms with Gasteiger partial charge in [-0.05, 0) is 26.0 Å². The van der Waals surface area contributed by atoms with Crippen molar-refractivity contribution in [3.05, 3.63) is 41.5 Å². The smallest absolute Gasteiger partial charge is 0.362 e. The third-order valence-corrected chi connectivity index (χ3v) is 1.89. The van der Waals surface area contributed by atoms with Crippen LogP contribution in [0.5, 0.6) is 0 Å². The number of carbonyl (C=O) groups excluding carboxylic acids is 1. The van der Waals surface area contributed by atoms with Gasteiger partial charge in [-0.25, -0.2) is 9.18 Å². The van der Waals surface area contributed by atoms with Crippen LogP contribution in [-0.2, 0) is 9.53 Å². The van der Waals surface area contributed by atoms with E-state index in [4.69, 9.17) is 4.74 Å². The molecule has 0 amide bonds. The van der Waals surface area contributed by atoms with Crippen molar-refractivity contribution in [1.29, 1.82) is 0 Å². The molecule has 0 radical (unpaired) electrons. The molecule has 0 saturated carbocycles. The van der Waals surface area contributed by atoms with Crippen molar-refractivity contribution in [1.82, 2.24) is 0 Å². The topological polar surface area (TPSA) is 71.2 Å². The van der Waals surface area contributed by atoms with Gasteiger partial charge >= 0.3 is 5.97 Å². The number of benzene rings is 1. The maximum absolute atomic E-state index is 12.9. The molecular weight excluding hydrogens is 239 g/mol. The van der Waals surface area contributed by atoms with Gasteiger partial charge in [0.2, 0.25) is 5.70 Å². The van der Waals surface area contributed by atoms with E-state index in [1.54, 1.807) is 6.92 Å². The fourth-order valence-electron chi connectivity index (χ4n) is 1.11. The molecule has 1 aromatic carbocycles. The lowest BCUT2D eigenvalue weighted by atomic mass is 10.3. The Morgan fingerprint density at radius 1 is 1.50 bits per heavy atom. The van der Waals surface area contributed by atoms with Crippen molar-refractivity contribution >= 4 is 11.7 Å². The molecule has 0 fully saturated rings. The molecular formula is C12H13FN2O3. The van der Waals surface area contributed by atoms with E-state index in [1.165, 1.54) is 25.1 Å². The number of aliphatic hydroxyl groups excluding tert-OH is 1. The second-order valence-corrected chi connectivity index (χ2v) is 3.33. The van der Waals surface area contributed by atoms with Crippen molar-refractivity contribution in [2.75, 3.05) is 6.61 Å². The molecule has 0 aromatic heterocycles. The second kappa shape index (κ2) is 6.48. The first-order valence-corrected chi connectivity index (χ1v) is 5.29. The maximum atomic E-state index is 12.9. The van der Waals surface area contributed by atoms with E-state index in [9.17, 15) is 14.3 Å². The summed E-state index contributed by atoms with van der Waals surface area (Å²) >= 11 is 0. The van der Waals surface area contributed by atoms with E-state index in [1.807, 2.05) is 0 Å². The Kier molecular flexibility index (Phi) is 4.98. The molecule has 0 unspecified atom stereocenters. The van der Waals surface area contributed by atoms with Gasteiger partial charge in [-0.1, -0.05) is 6.07 Å². The fourth-order valence-corrected chi connectivity index (χ4v) is 1.11. The van der Waals surface area contributed by atoms with Gasteiger partial charge in [-0.15, -0.1) is 5.11 Å². The number of allylic oxidation sites excluding steroid dienone is 1. The first-order chi connectivity index (χ1) is 8.54. The van der Waals surface area contributed by atoms with E-state index in [-0.39, 0.29) is 23.8 Å². The van der Waals surface area contributed by atoms with Gasteiger partial charge in [0.15, 0.2) is 0 Å². The normalized spacial score (nSPS) is 12.4. The first-order valence-electron chi connectivity index (χ1n) is 5.29.